The third-order valence-electron chi connectivity index (χ3n) is 4.01. The Morgan fingerprint density at radius 1 is 1.16 bits per heavy atom. The Morgan fingerprint density at radius 2 is 1.96 bits per heavy atom. The van der Waals surface area contributed by atoms with Crippen LogP contribution in [-0.4, -0.2) is 12.5 Å². The van der Waals surface area contributed by atoms with Gasteiger partial charge in [-0.3, -0.25) is 4.79 Å². The molecule has 0 aliphatic carbocycles. The minimum absolute atomic E-state index is 0.0251. The SMILES string of the molecule is Cc1cc(Cl)ccc1NC(=O)C[NH2+][C@H](c1ccccc1)c1cccs1. The zero-order valence-electron chi connectivity index (χ0n) is 13.9. The lowest BCUT2D eigenvalue weighted by atomic mass is 10.1. The standard InChI is InChI=1S/C20H19ClN2OS/c1-14-12-16(21)9-10-17(14)23-19(24)13-22-20(18-8-5-11-25-18)15-6-3-2-4-7-15/h2-12,20,22H,13H2,1H3,(H,23,24)/p+1/t20-/m1/s1. The number of rotatable bonds is 6. The molecule has 3 nitrogen and oxygen atoms in total. The van der Waals surface area contributed by atoms with Crippen LogP contribution >= 0.6 is 22.9 Å². The molecule has 0 unspecified atom stereocenters. The molecule has 0 bridgehead atoms. The average Bonchev–Trinajstić information content (AvgIpc) is 3.13. The van der Waals surface area contributed by atoms with Gasteiger partial charge in [-0.15, -0.1) is 11.3 Å². The fraction of sp³-hybridized carbons (Fsp3) is 0.150. The number of amides is 1. The highest BCUT2D eigenvalue weighted by Gasteiger charge is 2.20. The van der Waals surface area contributed by atoms with Crippen molar-refractivity contribution < 1.29 is 10.1 Å². The number of halogens is 1. The van der Waals surface area contributed by atoms with Crippen LogP contribution in [0.25, 0.3) is 0 Å². The van der Waals surface area contributed by atoms with E-state index in [-0.39, 0.29) is 11.9 Å². The molecule has 3 aromatic rings. The minimum Gasteiger partial charge on any atom is -0.328 e. The van der Waals surface area contributed by atoms with Crippen LogP contribution in [-0.2, 0) is 4.79 Å². The second-order valence-electron chi connectivity index (χ2n) is 5.85. The van der Waals surface area contributed by atoms with Crippen molar-refractivity contribution in [2.24, 2.45) is 0 Å². The largest absolute Gasteiger partial charge is 0.328 e. The molecule has 5 heteroatoms. The maximum atomic E-state index is 12.4. The maximum absolute atomic E-state index is 12.4. The van der Waals surface area contributed by atoms with E-state index in [0.717, 1.165) is 11.3 Å². The van der Waals surface area contributed by atoms with Crippen molar-refractivity contribution in [3.05, 3.63) is 87.1 Å². The van der Waals surface area contributed by atoms with Gasteiger partial charge in [0.05, 0.1) is 4.88 Å². The first-order chi connectivity index (χ1) is 12.1. The Bertz CT molecular complexity index is 834. The minimum atomic E-state index is -0.0251. The lowest BCUT2D eigenvalue weighted by Gasteiger charge is -2.15. The fourth-order valence-electron chi connectivity index (χ4n) is 2.74. The summed E-state index contributed by atoms with van der Waals surface area (Å²) in [5.41, 5.74) is 2.95. The van der Waals surface area contributed by atoms with Gasteiger partial charge in [0.1, 0.15) is 6.04 Å². The predicted molar refractivity (Wildman–Crippen MR) is 104 cm³/mol. The van der Waals surface area contributed by atoms with Crippen LogP contribution in [0.3, 0.4) is 0 Å². The molecule has 1 heterocycles. The Hall–Kier alpha value is -2.14. The van der Waals surface area contributed by atoms with E-state index in [1.165, 1.54) is 10.4 Å². The van der Waals surface area contributed by atoms with E-state index in [1.54, 1.807) is 17.4 Å². The summed E-state index contributed by atoms with van der Waals surface area (Å²) in [6.07, 6.45) is 0. The highest BCUT2D eigenvalue weighted by molar-refractivity contribution is 7.10. The van der Waals surface area contributed by atoms with Crippen molar-refractivity contribution in [1.82, 2.24) is 0 Å². The van der Waals surface area contributed by atoms with Crippen LogP contribution in [0.2, 0.25) is 5.02 Å². The normalized spacial score (nSPS) is 11.9. The molecular weight excluding hydrogens is 352 g/mol. The van der Waals surface area contributed by atoms with E-state index < -0.39 is 0 Å². The van der Waals surface area contributed by atoms with E-state index in [2.05, 4.69) is 34.2 Å². The van der Waals surface area contributed by atoms with Crippen LogP contribution in [0.1, 0.15) is 22.0 Å². The van der Waals surface area contributed by atoms with E-state index in [0.29, 0.717) is 11.6 Å². The summed E-state index contributed by atoms with van der Waals surface area (Å²) in [6, 6.07) is 20.0. The lowest BCUT2D eigenvalue weighted by molar-refractivity contribution is -0.675. The van der Waals surface area contributed by atoms with E-state index >= 15 is 0 Å². The molecule has 3 rings (SSSR count). The number of quaternary nitrogens is 1. The van der Waals surface area contributed by atoms with Crippen molar-refractivity contribution in [2.75, 3.05) is 11.9 Å². The number of carbonyl (C=O) groups is 1. The first-order valence-corrected chi connectivity index (χ1v) is 9.37. The smallest absolute Gasteiger partial charge is 0.279 e. The second kappa shape index (κ2) is 8.30. The second-order valence-corrected chi connectivity index (χ2v) is 7.27. The molecule has 1 atom stereocenters. The fourth-order valence-corrected chi connectivity index (χ4v) is 3.82. The molecule has 0 saturated heterocycles. The third kappa shape index (κ3) is 4.69. The number of benzene rings is 2. The molecule has 0 spiro atoms. The molecule has 0 saturated carbocycles. The van der Waals surface area contributed by atoms with Gasteiger partial charge in [0.2, 0.25) is 0 Å². The molecule has 2 aromatic carbocycles. The molecule has 25 heavy (non-hydrogen) atoms. The summed E-state index contributed by atoms with van der Waals surface area (Å²) in [4.78, 5) is 13.6. The molecule has 0 fully saturated rings. The van der Waals surface area contributed by atoms with Crippen LogP contribution in [0.5, 0.6) is 0 Å². The number of carbonyl (C=O) groups excluding carboxylic acids is 1. The number of thiophene rings is 1. The highest BCUT2D eigenvalue weighted by atomic mass is 35.5. The molecule has 0 aliphatic rings. The first-order valence-electron chi connectivity index (χ1n) is 8.11. The molecular formula is C20H20ClN2OS+. The highest BCUT2D eigenvalue weighted by Crippen LogP contribution is 2.22. The van der Waals surface area contributed by atoms with Gasteiger partial charge in [-0.1, -0.05) is 48.0 Å². The summed E-state index contributed by atoms with van der Waals surface area (Å²) in [7, 11) is 0. The third-order valence-corrected chi connectivity index (χ3v) is 5.20. The first kappa shape index (κ1) is 17.7. The van der Waals surface area contributed by atoms with E-state index in [1.807, 2.05) is 43.3 Å². The number of aryl methyl sites for hydroxylation is 1. The summed E-state index contributed by atoms with van der Waals surface area (Å²) in [6.45, 7) is 2.28. The van der Waals surface area contributed by atoms with Gasteiger partial charge in [0.25, 0.3) is 5.91 Å². The van der Waals surface area contributed by atoms with Crippen molar-refractivity contribution in [3.8, 4) is 0 Å². The Morgan fingerprint density at radius 3 is 2.64 bits per heavy atom. The Labute approximate surface area is 156 Å². The number of nitrogens with one attached hydrogen (secondary N) is 1. The quantitative estimate of drug-likeness (QED) is 0.675. The zero-order chi connectivity index (χ0) is 17.6. The zero-order valence-corrected chi connectivity index (χ0v) is 15.5. The van der Waals surface area contributed by atoms with Crippen LogP contribution in [0.15, 0.2) is 66.0 Å². The van der Waals surface area contributed by atoms with Crippen molar-refractivity contribution in [3.63, 3.8) is 0 Å². The van der Waals surface area contributed by atoms with Crippen LogP contribution < -0.4 is 10.6 Å². The molecule has 128 valence electrons. The lowest BCUT2D eigenvalue weighted by Crippen LogP contribution is -2.87. The molecule has 0 radical (unpaired) electrons. The molecule has 3 N–H and O–H groups in total. The van der Waals surface area contributed by atoms with Crippen molar-refractivity contribution >= 4 is 34.5 Å². The monoisotopic (exact) mass is 371 g/mol. The number of nitrogens with two attached hydrogens (primary N) is 1. The summed E-state index contributed by atoms with van der Waals surface area (Å²) in [5, 5.41) is 7.77. The van der Waals surface area contributed by atoms with E-state index in [4.69, 9.17) is 11.6 Å². The predicted octanol–water partition coefficient (Wildman–Crippen LogP) is 4.00. The van der Waals surface area contributed by atoms with Crippen LogP contribution in [0, 0.1) is 6.92 Å². The summed E-state index contributed by atoms with van der Waals surface area (Å²) in [5.74, 6) is -0.0251. The number of hydrogen-bond acceptors (Lipinski definition) is 2. The molecule has 1 amide bonds. The van der Waals surface area contributed by atoms with Gasteiger partial charge in [-0.25, -0.2) is 0 Å². The topological polar surface area (TPSA) is 45.7 Å². The van der Waals surface area contributed by atoms with Crippen molar-refractivity contribution in [2.45, 2.75) is 13.0 Å². The van der Waals surface area contributed by atoms with E-state index in [9.17, 15) is 4.79 Å². The van der Waals surface area contributed by atoms with Gasteiger partial charge >= 0.3 is 0 Å². The van der Waals surface area contributed by atoms with Gasteiger partial charge in [0, 0.05) is 16.3 Å². The average molecular weight is 372 g/mol. The van der Waals surface area contributed by atoms with Gasteiger partial charge in [-0.2, -0.15) is 0 Å². The van der Waals surface area contributed by atoms with Crippen molar-refractivity contribution in [1.29, 1.82) is 0 Å². The molecule has 1 aromatic heterocycles. The van der Waals surface area contributed by atoms with Gasteiger partial charge in [-0.05, 0) is 42.1 Å². The maximum Gasteiger partial charge on any atom is 0.279 e. The Kier molecular flexibility index (Phi) is 5.87. The summed E-state index contributed by atoms with van der Waals surface area (Å²) < 4.78 is 0. The molecule has 0 aliphatic heterocycles. The van der Waals surface area contributed by atoms with Crippen LogP contribution in [0.4, 0.5) is 5.69 Å². The number of hydrogen-bond donors (Lipinski definition) is 2. The summed E-state index contributed by atoms with van der Waals surface area (Å²) >= 11 is 7.67. The van der Waals surface area contributed by atoms with Gasteiger partial charge in [0.15, 0.2) is 6.54 Å². The Balaban J connectivity index is 1.68. The van der Waals surface area contributed by atoms with Gasteiger partial charge < -0.3 is 10.6 Å². The number of anilines is 1.